The van der Waals surface area contributed by atoms with Crippen LogP contribution < -0.4 is 15.8 Å². The highest BCUT2D eigenvalue weighted by molar-refractivity contribution is 9.10. The number of rotatable bonds is 5. The van der Waals surface area contributed by atoms with E-state index in [0.717, 1.165) is 10.0 Å². The van der Waals surface area contributed by atoms with E-state index in [1.807, 2.05) is 24.3 Å². The number of hydrogen-bond acceptors (Lipinski definition) is 3. The van der Waals surface area contributed by atoms with Gasteiger partial charge < -0.3 is 15.8 Å². The second-order valence-electron chi connectivity index (χ2n) is 4.33. The Morgan fingerprint density at radius 3 is 2.55 bits per heavy atom. The van der Waals surface area contributed by atoms with Crippen LogP contribution in [-0.4, -0.2) is 13.7 Å². The van der Waals surface area contributed by atoms with Gasteiger partial charge in [0.05, 0.1) is 18.8 Å². The Balaban J connectivity index is 2.23. The summed E-state index contributed by atoms with van der Waals surface area (Å²) in [7, 11) is 1.55. The summed E-state index contributed by atoms with van der Waals surface area (Å²) in [6, 6.07) is 12.2. The van der Waals surface area contributed by atoms with Crippen LogP contribution >= 0.6 is 15.9 Å². The van der Waals surface area contributed by atoms with Gasteiger partial charge in [-0.15, -0.1) is 0 Å². The molecule has 0 aromatic heterocycles. The predicted molar refractivity (Wildman–Crippen MR) is 82.5 cm³/mol. The maximum Gasteiger partial charge on any atom is 0.146 e. The molecule has 2 rings (SSSR count). The lowest BCUT2D eigenvalue weighted by atomic mass is 10.1. The summed E-state index contributed by atoms with van der Waals surface area (Å²) in [4.78, 5) is 0. The monoisotopic (exact) mass is 338 g/mol. The highest BCUT2D eigenvalue weighted by atomic mass is 79.9. The summed E-state index contributed by atoms with van der Waals surface area (Å²) in [6.07, 6.45) is 0. The quantitative estimate of drug-likeness (QED) is 0.873. The molecule has 0 aliphatic heterocycles. The first-order chi connectivity index (χ1) is 9.63. The summed E-state index contributed by atoms with van der Waals surface area (Å²) in [5.41, 5.74) is 7.16. The Labute approximate surface area is 126 Å². The van der Waals surface area contributed by atoms with Crippen molar-refractivity contribution in [2.75, 3.05) is 19.0 Å². The Bertz CT molecular complexity index is 575. The smallest absolute Gasteiger partial charge is 0.146 e. The first kappa shape index (κ1) is 14.8. The van der Waals surface area contributed by atoms with Crippen molar-refractivity contribution in [1.29, 1.82) is 0 Å². The second-order valence-corrected chi connectivity index (χ2v) is 5.25. The third-order valence-corrected chi connectivity index (χ3v) is 3.54. The highest BCUT2D eigenvalue weighted by Gasteiger charge is 2.12. The fraction of sp³-hybridized carbons (Fsp3) is 0.200. The molecule has 1 atom stereocenters. The van der Waals surface area contributed by atoms with Gasteiger partial charge in [0, 0.05) is 17.1 Å². The molecular weight excluding hydrogens is 323 g/mol. The van der Waals surface area contributed by atoms with Gasteiger partial charge in [-0.2, -0.15) is 0 Å². The lowest BCUT2D eigenvalue weighted by molar-refractivity contribution is 0.414. The molecule has 106 valence electrons. The number of halogens is 2. The third-order valence-electron chi connectivity index (χ3n) is 3.01. The number of benzene rings is 2. The first-order valence-corrected chi connectivity index (χ1v) is 6.99. The van der Waals surface area contributed by atoms with Crippen LogP contribution in [0.2, 0.25) is 0 Å². The summed E-state index contributed by atoms with van der Waals surface area (Å²) in [6.45, 7) is 0.359. The van der Waals surface area contributed by atoms with Gasteiger partial charge in [0.15, 0.2) is 0 Å². The van der Waals surface area contributed by atoms with E-state index in [1.165, 1.54) is 6.07 Å². The van der Waals surface area contributed by atoms with Gasteiger partial charge in [0.2, 0.25) is 0 Å². The molecule has 0 saturated heterocycles. The van der Waals surface area contributed by atoms with Gasteiger partial charge in [0.25, 0.3) is 0 Å². The zero-order valence-electron chi connectivity index (χ0n) is 11.1. The molecule has 0 fully saturated rings. The van der Waals surface area contributed by atoms with E-state index in [2.05, 4.69) is 21.2 Å². The van der Waals surface area contributed by atoms with E-state index in [9.17, 15) is 4.39 Å². The fourth-order valence-electron chi connectivity index (χ4n) is 1.90. The first-order valence-electron chi connectivity index (χ1n) is 6.19. The number of ether oxygens (including phenoxy) is 1. The molecule has 0 bridgehead atoms. The zero-order valence-corrected chi connectivity index (χ0v) is 12.7. The molecule has 0 spiro atoms. The van der Waals surface area contributed by atoms with Crippen LogP contribution in [-0.2, 0) is 0 Å². The van der Waals surface area contributed by atoms with E-state index in [0.29, 0.717) is 18.0 Å². The normalized spacial score (nSPS) is 12.0. The molecule has 5 heteroatoms. The van der Waals surface area contributed by atoms with Gasteiger partial charge >= 0.3 is 0 Å². The number of nitrogens with one attached hydrogen (secondary N) is 1. The third kappa shape index (κ3) is 3.49. The summed E-state index contributed by atoms with van der Waals surface area (Å²) in [5, 5.41) is 3.11. The van der Waals surface area contributed by atoms with Gasteiger partial charge in [-0.05, 0) is 29.8 Å². The molecule has 0 saturated carbocycles. The summed E-state index contributed by atoms with van der Waals surface area (Å²) < 4.78 is 19.9. The number of hydrogen-bond donors (Lipinski definition) is 2. The molecule has 0 amide bonds. The van der Waals surface area contributed by atoms with Crippen molar-refractivity contribution in [3.63, 3.8) is 0 Å². The molecule has 2 aromatic rings. The van der Waals surface area contributed by atoms with E-state index in [-0.39, 0.29) is 11.9 Å². The lowest BCUT2D eigenvalue weighted by Gasteiger charge is -2.19. The Morgan fingerprint density at radius 2 is 1.95 bits per heavy atom. The number of methoxy groups -OCH3 is 1. The molecule has 1 unspecified atom stereocenters. The van der Waals surface area contributed by atoms with Gasteiger partial charge in [-0.3, -0.25) is 0 Å². The van der Waals surface area contributed by atoms with Crippen molar-refractivity contribution >= 4 is 21.6 Å². The molecule has 0 heterocycles. The van der Waals surface area contributed by atoms with Crippen LogP contribution in [0.25, 0.3) is 0 Å². The topological polar surface area (TPSA) is 47.3 Å². The van der Waals surface area contributed by atoms with Gasteiger partial charge in [-0.25, -0.2) is 4.39 Å². The minimum absolute atomic E-state index is 0.162. The largest absolute Gasteiger partial charge is 0.497 e. The minimum Gasteiger partial charge on any atom is -0.497 e. The van der Waals surface area contributed by atoms with Crippen molar-refractivity contribution < 1.29 is 9.13 Å². The van der Waals surface area contributed by atoms with E-state index in [1.54, 1.807) is 19.2 Å². The Morgan fingerprint density at radius 1 is 1.25 bits per heavy atom. The number of anilines is 1. The van der Waals surface area contributed by atoms with Crippen LogP contribution in [0, 0.1) is 5.82 Å². The highest BCUT2D eigenvalue weighted by Crippen LogP contribution is 2.26. The molecule has 2 aromatic carbocycles. The second kappa shape index (κ2) is 6.72. The average Bonchev–Trinajstić information content (AvgIpc) is 2.47. The van der Waals surface area contributed by atoms with Crippen LogP contribution in [0.3, 0.4) is 0 Å². The van der Waals surface area contributed by atoms with Gasteiger partial charge in [0.1, 0.15) is 11.6 Å². The lowest BCUT2D eigenvalue weighted by Crippen LogP contribution is -2.21. The molecule has 3 N–H and O–H groups in total. The van der Waals surface area contributed by atoms with Crippen molar-refractivity contribution in [3.05, 3.63) is 58.3 Å². The zero-order chi connectivity index (χ0) is 14.5. The van der Waals surface area contributed by atoms with Crippen molar-refractivity contribution in [1.82, 2.24) is 0 Å². The molecule has 0 radical (unpaired) electrons. The average molecular weight is 339 g/mol. The summed E-state index contributed by atoms with van der Waals surface area (Å²) >= 11 is 3.39. The summed E-state index contributed by atoms with van der Waals surface area (Å²) in [5.74, 6) is 0.266. The van der Waals surface area contributed by atoms with E-state index in [4.69, 9.17) is 10.5 Å². The molecule has 0 aliphatic carbocycles. The molecule has 0 aliphatic rings. The van der Waals surface area contributed by atoms with E-state index >= 15 is 0 Å². The molecular formula is C15H16BrFN2O. The van der Waals surface area contributed by atoms with Crippen LogP contribution in [0.15, 0.2) is 46.9 Å². The van der Waals surface area contributed by atoms with Gasteiger partial charge in [-0.1, -0.05) is 28.1 Å². The number of nitrogens with two attached hydrogens (primary N) is 1. The van der Waals surface area contributed by atoms with Crippen LogP contribution in [0.5, 0.6) is 5.75 Å². The maximum atomic E-state index is 13.8. The van der Waals surface area contributed by atoms with Crippen LogP contribution in [0.1, 0.15) is 11.6 Å². The SMILES string of the molecule is COc1ccc(F)c(NC(CN)c2ccc(Br)cc2)c1. The van der Waals surface area contributed by atoms with E-state index < -0.39 is 0 Å². The standard InChI is InChI=1S/C15H16BrFN2O/c1-20-12-6-7-13(17)14(8-12)19-15(9-18)10-2-4-11(16)5-3-10/h2-8,15,19H,9,18H2,1H3. The fourth-order valence-corrected chi connectivity index (χ4v) is 2.17. The van der Waals surface area contributed by atoms with Crippen molar-refractivity contribution in [2.24, 2.45) is 5.73 Å². The van der Waals surface area contributed by atoms with Crippen molar-refractivity contribution in [2.45, 2.75) is 6.04 Å². The maximum absolute atomic E-state index is 13.8. The Kier molecular flexibility index (Phi) is 4.98. The Hall–Kier alpha value is -1.59. The predicted octanol–water partition coefficient (Wildman–Crippen LogP) is 3.71. The van der Waals surface area contributed by atoms with Crippen molar-refractivity contribution in [3.8, 4) is 5.75 Å². The molecule has 20 heavy (non-hydrogen) atoms. The van der Waals surface area contributed by atoms with Crippen LogP contribution in [0.4, 0.5) is 10.1 Å². The molecule has 3 nitrogen and oxygen atoms in total. The minimum atomic E-state index is -0.332.